The molecule has 1 aromatic rings. The van der Waals surface area contributed by atoms with Crippen LogP contribution in [0.1, 0.15) is 49.4 Å². The van der Waals surface area contributed by atoms with Gasteiger partial charge in [0.05, 0.1) is 5.69 Å². The number of nitrogens with zero attached hydrogens (tertiary/aromatic N) is 2. The largest absolute Gasteiger partial charge is 0.366 e. The highest BCUT2D eigenvalue weighted by molar-refractivity contribution is 5.94. The van der Waals surface area contributed by atoms with Gasteiger partial charge in [-0.2, -0.15) is 0 Å². The molecule has 4 nitrogen and oxygen atoms in total. The first-order valence-electron chi connectivity index (χ1n) is 8.88. The second kappa shape index (κ2) is 7.32. The Balaban J connectivity index is 1.56. The fourth-order valence-corrected chi connectivity index (χ4v) is 3.77. The number of hydrogen-bond acceptors (Lipinski definition) is 3. The van der Waals surface area contributed by atoms with Gasteiger partial charge >= 0.3 is 0 Å². The normalized spacial score (nSPS) is 18.9. The molecule has 1 aromatic carbocycles. The molecule has 24 heavy (non-hydrogen) atoms. The van der Waals surface area contributed by atoms with E-state index in [2.05, 4.69) is 0 Å². The molecule has 1 saturated carbocycles. The van der Waals surface area contributed by atoms with Gasteiger partial charge in [0, 0.05) is 38.2 Å². The molecule has 0 N–H and O–H groups in total. The first kappa shape index (κ1) is 16.9. The van der Waals surface area contributed by atoms with Crippen LogP contribution in [0.4, 0.5) is 10.1 Å². The van der Waals surface area contributed by atoms with E-state index in [9.17, 15) is 14.0 Å². The van der Waals surface area contributed by atoms with Crippen molar-refractivity contribution in [2.24, 2.45) is 5.92 Å². The zero-order valence-corrected chi connectivity index (χ0v) is 14.3. The van der Waals surface area contributed by atoms with Gasteiger partial charge in [-0.3, -0.25) is 9.59 Å². The third-order valence-electron chi connectivity index (χ3n) is 5.27. The summed E-state index contributed by atoms with van der Waals surface area (Å²) in [5, 5.41) is 0. The molecule has 3 rings (SSSR count). The Hall–Kier alpha value is -1.91. The van der Waals surface area contributed by atoms with Gasteiger partial charge in [0.15, 0.2) is 5.78 Å². The van der Waals surface area contributed by atoms with Gasteiger partial charge < -0.3 is 9.80 Å². The van der Waals surface area contributed by atoms with Gasteiger partial charge in [-0.05, 0) is 43.9 Å². The van der Waals surface area contributed by atoms with E-state index in [-0.39, 0.29) is 17.5 Å². The van der Waals surface area contributed by atoms with Crippen LogP contribution in [0, 0.1) is 11.7 Å². The Kier molecular flexibility index (Phi) is 5.17. The van der Waals surface area contributed by atoms with Crippen molar-refractivity contribution in [2.45, 2.75) is 39.0 Å². The van der Waals surface area contributed by atoms with E-state index < -0.39 is 0 Å². The van der Waals surface area contributed by atoms with E-state index >= 15 is 0 Å². The minimum atomic E-state index is -0.367. The Morgan fingerprint density at radius 2 is 1.79 bits per heavy atom. The van der Waals surface area contributed by atoms with Gasteiger partial charge in [-0.25, -0.2) is 4.39 Å². The summed E-state index contributed by atoms with van der Waals surface area (Å²) in [7, 11) is 0. The smallest absolute Gasteiger partial charge is 0.222 e. The Bertz CT molecular complexity index is 618. The number of benzene rings is 1. The summed E-state index contributed by atoms with van der Waals surface area (Å²) in [5.74, 6) is 0.303. The van der Waals surface area contributed by atoms with Crippen molar-refractivity contribution in [1.82, 2.24) is 4.90 Å². The number of Topliss-reactive ketones (excluding diaryl/α,β-unsaturated/α-hetero) is 1. The first-order valence-corrected chi connectivity index (χ1v) is 8.88. The highest BCUT2D eigenvalue weighted by atomic mass is 19.1. The van der Waals surface area contributed by atoms with Crippen LogP contribution in [0.25, 0.3) is 0 Å². The standard InChI is InChI=1S/C19H25FN2O2/c1-14(23)16-6-7-18(17(20)13-16)21-8-10-22(11-9-21)19(24)12-15-4-2-3-5-15/h6-7,13,15H,2-5,8-12H2,1H3. The monoisotopic (exact) mass is 332 g/mol. The van der Waals surface area contributed by atoms with E-state index in [0.29, 0.717) is 49.8 Å². The van der Waals surface area contributed by atoms with E-state index in [1.165, 1.54) is 38.7 Å². The molecule has 0 atom stereocenters. The number of piperazine rings is 1. The summed E-state index contributed by atoms with van der Waals surface area (Å²) in [4.78, 5) is 27.6. The molecule has 0 aromatic heterocycles. The maximum Gasteiger partial charge on any atom is 0.222 e. The first-order chi connectivity index (χ1) is 11.5. The molecule has 1 heterocycles. The highest BCUT2D eigenvalue weighted by Gasteiger charge is 2.26. The summed E-state index contributed by atoms with van der Waals surface area (Å²) in [6.07, 6.45) is 5.53. The summed E-state index contributed by atoms with van der Waals surface area (Å²) < 4.78 is 14.2. The van der Waals surface area contributed by atoms with Crippen LogP contribution in [0.3, 0.4) is 0 Å². The Morgan fingerprint density at radius 1 is 1.12 bits per heavy atom. The number of hydrogen-bond donors (Lipinski definition) is 0. The molecule has 0 bridgehead atoms. The number of carbonyl (C=O) groups is 2. The quantitative estimate of drug-likeness (QED) is 0.795. The van der Waals surface area contributed by atoms with Crippen molar-refractivity contribution in [3.8, 4) is 0 Å². The Morgan fingerprint density at radius 3 is 2.38 bits per heavy atom. The van der Waals surface area contributed by atoms with E-state index in [1.807, 2.05) is 9.80 Å². The number of halogens is 1. The molecule has 1 aliphatic carbocycles. The average molecular weight is 332 g/mol. The van der Waals surface area contributed by atoms with Crippen molar-refractivity contribution in [1.29, 1.82) is 0 Å². The molecular weight excluding hydrogens is 307 g/mol. The molecule has 2 aliphatic rings. The molecule has 0 unspecified atom stereocenters. The van der Waals surface area contributed by atoms with Crippen LogP contribution >= 0.6 is 0 Å². The van der Waals surface area contributed by atoms with Crippen molar-refractivity contribution >= 4 is 17.4 Å². The zero-order valence-electron chi connectivity index (χ0n) is 14.3. The molecule has 1 saturated heterocycles. The number of rotatable bonds is 4. The molecule has 2 fully saturated rings. The fourth-order valence-electron chi connectivity index (χ4n) is 3.77. The maximum absolute atomic E-state index is 14.2. The lowest BCUT2D eigenvalue weighted by atomic mass is 10.0. The van der Waals surface area contributed by atoms with Crippen LogP contribution in [0.15, 0.2) is 18.2 Å². The van der Waals surface area contributed by atoms with Crippen LogP contribution in [-0.2, 0) is 4.79 Å². The van der Waals surface area contributed by atoms with Crippen LogP contribution in [0.5, 0.6) is 0 Å². The fraction of sp³-hybridized carbons (Fsp3) is 0.579. The third-order valence-corrected chi connectivity index (χ3v) is 5.27. The average Bonchev–Trinajstić information content (AvgIpc) is 3.08. The molecule has 130 valence electrons. The molecule has 5 heteroatoms. The maximum atomic E-state index is 14.2. The second-order valence-corrected chi connectivity index (χ2v) is 6.94. The highest BCUT2D eigenvalue weighted by Crippen LogP contribution is 2.28. The van der Waals surface area contributed by atoms with Crippen molar-refractivity contribution in [2.75, 3.05) is 31.1 Å². The second-order valence-electron chi connectivity index (χ2n) is 6.94. The summed E-state index contributed by atoms with van der Waals surface area (Å²) >= 11 is 0. The summed E-state index contributed by atoms with van der Waals surface area (Å²) in [6.45, 7) is 3.97. The van der Waals surface area contributed by atoms with Crippen molar-refractivity contribution in [3.63, 3.8) is 0 Å². The predicted octanol–water partition coefficient (Wildman–Crippen LogP) is 3.26. The summed E-state index contributed by atoms with van der Waals surface area (Å²) in [5.41, 5.74) is 0.907. The topological polar surface area (TPSA) is 40.6 Å². The van der Waals surface area contributed by atoms with Crippen LogP contribution < -0.4 is 4.90 Å². The van der Waals surface area contributed by atoms with E-state index in [1.54, 1.807) is 12.1 Å². The predicted molar refractivity (Wildman–Crippen MR) is 91.8 cm³/mol. The lowest BCUT2D eigenvalue weighted by Gasteiger charge is -2.36. The number of ketones is 1. The zero-order chi connectivity index (χ0) is 17.1. The van der Waals surface area contributed by atoms with Gasteiger partial charge in [0.1, 0.15) is 5.82 Å². The van der Waals surface area contributed by atoms with Gasteiger partial charge in [0.2, 0.25) is 5.91 Å². The molecule has 0 spiro atoms. The SMILES string of the molecule is CC(=O)c1ccc(N2CCN(C(=O)CC3CCCC3)CC2)c(F)c1. The molecule has 1 aliphatic heterocycles. The minimum Gasteiger partial charge on any atom is -0.366 e. The van der Waals surface area contributed by atoms with Gasteiger partial charge in [-0.1, -0.05) is 12.8 Å². The van der Waals surface area contributed by atoms with Crippen molar-refractivity contribution < 1.29 is 14.0 Å². The minimum absolute atomic E-state index is 0.136. The number of carbonyl (C=O) groups excluding carboxylic acids is 2. The van der Waals surface area contributed by atoms with E-state index in [4.69, 9.17) is 0 Å². The number of amides is 1. The molecular formula is C19H25FN2O2. The lowest BCUT2D eigenvalue weighted by Crippen LogP contribution is -2.49. The third kappa shape index (κ3) is 3.77. The van der Waals surface area contributed by atoms with Crippen LogP contribution in [0.2, 0.25) is 0 Å². The van der Waals surface area contributed by atoms with Gasteiger partial charge in [-0.15, -0.1) is 0 Å². The molecule has 1 amide bonds. The van der Waals surface area contributed by atoms with Crippen molar-refractivity contribution in [3.05, 3.63) is 29.6 Å². The Labute approximate surface area is 142 Å². The van der Waals surface area contributed by atoms with Gasteiger partial charge in [0.25, 0.3) is 0 Å². The van der Waals surface area contributed by atoms with Crippen LogP contribution in [-0.4, -0.2) is 42.8 Å². The lowest BCUT2D eigenvalue weighted by molar-refractivity contribution is -0.132. The number of anilines is 1. The van der Waals surface area contributed by atoms with E-state index in [0.717, 1.165) is 0 Å². The summed E-state index contributed by atoms with van der Waals surface area (Å²) in [6, 6.07) is 4.63. The molecule has 0 radical (unpaired) electrons.